The van der Waals surface area contributed by atoms with Crippen LogP contribution < -0.4 is 11.0 Å². The molecule has 1 heterocycles. The van der Waals surface area contributed by atoms with Crippen LogP contribution in [-0.2, 0) is 22.5 Å². The number of aryl methyl sites for hydroxylation is 1. The molecule has 0 aliphatic heterocycles. The van der Waals surface area contributed by atoms with Gasteiger partial charge in [0.15, 0.2) is 5.16 Å². The maximum absolute atomic E-state index is 12.1. The van der Waals surface area contributed by atoms with E-state index < -0.39 is 0 Å². The molecule has 0 saturated carbocycles. The van der Waals surface area contributed by atoms with Gasteiger partial charge in [-0.25, -0.2) is 9.89 Å². The number of anilines is 1. The van der Waals surface area contributed by atoms with E-state index in [0.29, 0.717) is 24.7 Å². The van der Waals surface area contributed by atoms with Gasteiger partial charge in [0.05, 0.1) is 5.75 Å². The van der Waals surface area contributed by atoms with Crippen LogP contribution in [0.4, 0.5) is 5.69 Å². The van der Waals surface area contributed by atoms with Crippen molar-refractivity contribution in [1.29, 1.82) is 0 Å². The molecule has 1 aromatic heterocycles. The van der Waals surface area contributed by atoms with Crippen molar-refractivity contribution in [2.24, 2.45) is 0 Å². The predicted octanol–water partition coefficient (Wildman–Crippen LogP) is 2.29. The molecule has 0 saturated heterocycles. The van der Waals surface area contributed by atoms with Crippen molar-refractivity contribution < 1.29 is 9.53 Å². The van der Waals surface area contributed by atoms with Crippen molar-refractivity contribution in [2.75, 3.05) is 24.8 Å². The Bertz CT molecular complexity index is 724. The van der Waals surface area contributed by atoms with Gasteiger partial charge in [-0.3, -0.25) is 9.36 Å². The van der Waals surface area contributed by atoms with Crippen LogP contribution in [-0.4, -0.2) is 40.1 Å². The predicted molar refractivity (Wildman–Crippen MR) is 99.1 cm³/mol. The summed E-state index contributed by atoms with van der Waals surface area (Å²) in [5, 5.41) is 9.76. The fourth-order valence-electron chi connectivity index (χ4n) is 2.35. The molecule has 136 valence electrons. The van der Waals surface area contributed by atoms with E-state index >= 15 is 0 Å². The number of nitrogens with one attached hydrogen (secondary N) is 2. The molecule has 0 bridgehead atoms. The van der Waals surface area contributed by atoms with E-state index in [0.717, 1.165) is 18.5 Å². The van der Waals surface area contributed by atoms with Crippen molar-refractivity contribution in [3.8, 4) is 0 Å². The molecule has 2 aromatic rings. The van der Waals surface area contributed by atoms with E-state index in [2.05, 4.69) is 22.4 Å². The van der Waals surface area contributed by atoms with Crippen LogP contribution in [0.5, 0.6) is 0 Å². The molecule has 25 heavy (non-hydrogen) atoms. The molecule has 7 nitrogen and oxygen atoms in total. The zero-order valence-electron chi connectivity index (χ0n) is 14.6. The number of carbonyl (C=O) groups is 1. The first kappa shape index (κ1) is 19.3. The summed E-state index contributed by atoms with van der Waals surface area (Å²) in [6.07, 6.45) is 2.84. The Kier molecular flexibility index (Phi) is 7.75. The van der Waals surface area contributed by atoms with Gasteiger partial charge in [-0.15, -0.1) is 5.10 Å². The number of ether oxygens (including phenoxy) is 1. The number of benzene rings is 1. The van der Waals surface area contributed by atoms with Gasteiger partial charge in [0.25, 0.3) is 0 Å². The number of thioether (sulfide) groups is 1. The molecule has 1 aromatic carbocycles. The molecule has 1 amide bonds. The summed E-state index contributed by atoms with van der Waals surface area (Å²) in [6, 6.07) is 7.85. The lowest BCUT2D eigenvalue weighted by Gasteiger charge is -2.07. The summed E-state index contributed by atoms with van der Waals surface area (Å²) in [5.74, 6) is 0.0535. The van der Waals surface area contributed by atoms with Gasteiger partial charge in [0.2, 0.25) is 5.91 Å². The van der Waals surface area contributed by atoms with Crippen LogP contribution in [0.2, 0.25) is 0 Å². The number of rotatable bonds is 10. The van der Waals surface area contributed by atoms with E-state index in [1.54, 1.807) is 7.11 Å². The molecule has 0 unspecified atom stereocenters. The average molecular weight is 364 g/mol. The minimum Gasteiger partial charge on any atom is -0.385 e. The van der Waals surface area contributed by atoms with Gasteiger partial charge in [-0.2, -0.15) is 0 Å². The van der Waals surface area contributed by atoms with E-state index in [-0.39, 0.29) is 17.3 Å². The molecule has 0 radical (unpaired) electrons. The molecule has 0 atom stereocenters. The monoisotopic (exact) mass is 364 g/mol. The summed E-state index contributed by atoms with van der Waals surface area (Å²) >= 11 is 1.23. The number of methoxy groups -OCH3 is 1. The molecule has 2 N–H and O–H groups in total. The van der Waals surface area contributed by atoms with Crippen LogP contribution in [0.3, 0.4) is 0 Å². The highest BCUT2D eigenvalue weighted by atomic mass is 32.2. The summed E-state index contributed by atoms with van der Waals surface area (Å²) in [7, 11) is 1.62. The van der Waals surface area contributed by atoms with Crippen LogP contribution in [0.25, 0.3) is 0 Å². The molecule has 0 aliphatic carbocycles. The topological polar surface area (TPSA) is 89.0 Å². The van der Waals surface area contributed by atoms with Crippen LogP contribution in [0.1, 0.15) is 25.3 Å². The highest BCUT2D eigenvalue weighted by Gasteiger charge is 2.11. The molecule has 0 aliphatic rings. The Morgan fingerprint density at radius 2 is 2.12 bits per heavy atom. The lowest BCUT2D eigenvalue weighted by atomic mass is 10.1. The average Bonchev–Trinajstić information content (AvgIpc) is 2.95. The number of hydrogen-bond acceptors (Lipinski definition) is 5. The number of carbonyl (C=O) groups excluding carboxylic acids is 1. The fourth-order valence-corrected chi connectivity index (χ4v) is 3.12. The van der Waals surface area contributed by atoms with E-state index in [1.165, 1.54) is 21.9 Å². The Morgan fingerprint density at radius 3 is 2.80 bits per heavy atom. The number of amides is 1. The van der Waals surface area contributed by atoms with E-state index in [4.69, 9.17) is 4.74 Å². The second-order valence-corrected chi connectivity index (χ2v) is 6.54. The third-order valence-electron chi connectivity index (χ3n) is 3.56. The zero-order chi connectivity index (χ0) is 18.1. The Balaban J connectivity index is 1.86. The molecule has 2 rings (SSSR count). The molecule has 0 fully saturated rings. The van der Waals surface area contributed by atoms with Crippen molar-refractivity contribution >= 4 is 23.4 Å². The summed E-state index contributed by atoms with van der Waals surface area (Å²) in [5.41, 5.74) is 1.75. The highest BCUT2D eigenvalue weighted by Crippen LogP contribution is 2.15. The van der Waals surface area contributed by atoms with Gasteiger partial charge < -0.3 is 10.1 Å². The quantitative estimate of drug-likeness (QED) is 0.499. The smallest absolute Gasteiger partial charge is 0.343 e. The number of H-pyrrole nitrogens is 1. The lowest BCUT2D eigenvalue weighted by molar-refractivity contribution is -0.113. The normalized spacial score (nSPS) is 10.8. The third-order valence-corrected chi connectivity index (χ3v) is 4.54. The standard InChI is InChI=1S/C17H24N4O3S/c1-3-5-13-6-8-14(9-7-13)18-15(22)12-25-17-20-19-16(23)21(17)10-4-11-24-2/h6-9H,3-5,10-12H2,1-2H3,(H,18,22)(H,19,23). The SMILES string of the molecule is CCCc1ccc(NC(=O)CSc2n[nH]c(=O)n2CCCOC)cc1. The second-order valence-electron chi connectivity index (χ2n) is 5.59. The molecular weight excluding hydrogens is 340 g/mol. The summed E-state index contributed by atoms with van der Waals surface area (Å²) < 4.78 is 6.52. The van der Waals surface area contributed by atoms with E-state index in [1.807, 2.05) is 24.3 Å². The first-order chi connectivity index (χ1) is 12.1. The van der Waals surface area contributed by atoms with Gasteiger partial charge in [-0.05, 0) is 30.5 Å². The van der Waals surface area contributed by atoms with Gasteiger partial charge in [-0.1, -0.05) is 37.2 Å². The molecule has 8 heteroatoms. The Hall–Kier alpha value is -2.06. The van der Waals surface area contributed by atoms with Gasteiger partial charge in [0.1, 0.15) is 0 Å². The van der Waals surface area contributed by atoms with Crippen molar-refractivity contribution in [3.05, 3.63) is 40.3 Å². The first-order valence-electron chi connectivity index (χ1n) is 8.29. The maximum atomic E-state index is 12.1. The molecular formula is C17H24N4O3S. The van der Waals surface area contributed by atoms with Gasteiger partial charge >= 0.3 is 5.69 Å². The largest absolute Gasteiger partial charge is 0.385 e. The summed E-state index contributed by atoms with van der Waals surface area (Å²) in [4.78, 5) is 23.8. The Labute approximate surface area is 151 Å². The number of nitrogens with zero attached hydrogens (tertiary/aromatic N) is 2. The van der Waals surface area contributed by atoms with Crippen molar-refractivity contribution in [2.45, 2.75) is 37.9 Å². The van der Waals surface area contributed by atoms with Gasteiger partial charge in [0, 0.05) is 25.9 Å². The van der Waals surface area contributed by atoms with E-state index in [9.17, 15) is 9.59 Å². The Morgan fingerprint density at radius 1 is 1.36 bits per heavy atom. The number of aromatic nitrogens is 3. The maximum Gasteiger partial charge on any atom is 0.343 e. The zero-order valence-corrected chi connectivity index (χ0v) is 15.4. The highest BCUT2D eigenvalue weighted by molar-refractivity contribution is 7.99. The number of aromatic amines is 1. The fraction of sp³-hybridized carbons (Fsp3) is 0.471. The van der Waals surface area contributed by atoms with Crippen molar-refractivity contribution in [1.82, 2.24) is 14.8 Å². The van der Waals surface area contributed by atoms with Crippen LogP contribution in [0.15, 0.2) is 34.2 Å². The summed E-state index contributed by atoms with van der Waals surface area (Å²) in [6.45, 7) is 3.21. The number of hydrogen-bond donors (Lipinski definition) is 2. The van der Waals surface area contributed by atoms with Crippen molar-refractivity contribution in [3.63, 3.8) is 0 Å². The first-order valence-corrected chi connectivity index (χ1v) is 9.28. The lowest BCUT2D eigenvalue weighted by Crippen LogP contribution is -2.19. The second kappa shape index (κ2) is 10.0. The third kappa shape index (κ3) is 6.06. The molecule has 0 spiro atoms. The van der Waals surface area contributed by atoms with Crippen LogP contribution >= 0.6 is 11.8 Å². The minimum atomic E-state index is -0.273. The minimum absolute atomic E-state index is 0.132. The van der Waals surface area contributed by atoms with Crippen LogP contribution in [0, 0.1) is 0 Å².